The highest BCUT2D eigenvalue weighted by atomic mass is 16.3. The molecule has 0 radical (unpaired) electrons. The Morgan fingerprint density at radius 2 is 1.15 bits per heavy atom. The number of para-hydroxylation sites is 2. The van der Waals surface area contributed by atoms with E-state index in [9.17, 15) is 0 Å². The molecule has 0 fully saturated rings. The van der Waals surface area contributed by atoms with E-state index in [1.807, 2.05) is 24.3 Å². The smallest absolute Gasteiger partial charge is 0.227 e. The van der Waals surface area contributed by atoms with Crippen molar-refractivity contribution in [1.82, 2.24) is 9.97 Å². The van der Waals surface area contributed by atoms with E-state index in [4.69, 9.17) is 14.4 Å². The average Bonchev–Trinajstić information content (AvgIpc) is 3.89. The molecule has 0 aliphatic heterocycles. The summed E-state index contributed by atoms with van der Waals surface area (Å²) in [4.78, 5) is 10.4. The Balaban J connectivity index is 1.07. The van der Waals surface area contributed by atoms with E-state index < -0.39 is 0 Å². The highest BCUT2D eigenvalue weighted by molar-refractivity contribution is 6.16. The minimum Gasteiger partial charge on any atom is -0.436 e. The summed E-state index contributed by atoms with van der Waals surface area (Å²) in [5.41, 5.74) is 21.5. The summed E-state index contributed by atoms with van der Waals surface area (Å²) in [6.45, 7) is 9.49. The van der Waals surface area contributed by atoms with E-state index in [2.05, 4.69) is 161 Å². The molecule has 282 valence electrons. The first-order valence-electron chi connectivity index (χ1n) is 20.9. The first-order valence-corrected chi connectivity index (χ1v) is 20.9. The normalized spacial score (nSPS) is 15.8. The van der Waals surface area contributed by atoms with Crippen LogP contribution < -0.4 is 0 Å². The number of oxazole rings is 1. The second kappa shape index (κ2) is 12.3. The van der Waals surface area contributed by atoms with Crippen LogP contribution in [0.25, 0.3) is 94.4 Å². The van der Waals surface area contributed by atoms with Crippen molar-refractivity contribution >= 4 is 38.3 Å². The molecule has 59 heavy (non-hydrogen) atoms. The Bertz CT molecular complexity index is 3280. The number of aromatic nitrogens is 2. The molecular formula is C56H42N2O. The lowest BCUT2D eigenvalue weighted by Gasteiger charge is -2.24. The van der Waals surface area contributed by atoms with Crippen LogP contribution in [0.3, 0.4) is 0 Å². The predicted octanol–water partition coefficient (Wildman–Crippen LogP) is 14.9. The highest BCUT2D eigenvalue weighted by Gasteiger charge is 2.38. The molecule has 3 nitrogen and oxygen atoms in total. The van der Waals surface area contributed by atoms with E-state index in [-0.39, 0.29) is 10.8 Å². The van der Waals surface area contributed by atoms with Gasteiger partial charge in [0.05, 0.1) is 11.2 Å². The second-order valence-corrected chi connectivity index (χ2v) is 17.6. The minimum atomic E-state index is -0.106. The van der Waals surface area contributed by atoms with Crippen molar-refractivity contribution in [3.63, 3.8) is 0 Å². The summed E-state index contributed by atoms with van der Waals surface area (Å²) >= 11 is 0. The van der Waals surface area contributed by atoms with E-state index in [0.717, 1.165) is 62.6 Å². The topological polar surface area (TPSA) is 38.9 Å². The Labute approximate surface area is 344 Å². The molecule has 0 amide bonds. The maximum Gasteiger partial charge on any atom is 0.227 e. The zero-order chi connectivity index (χ0) is 39.6. The van der Waals surface area contributed by atoms with Crippen molar-refractivity contribution in [1.29, 1.82) is 0 Å². The summed E-state index contributed by atoms with van der Waals surface area (Å²) in [5, 5.41) is 3.46. The van der Waals surface area contributed by atoms with Gasteiger partial charge in [0, 0.05) is 32.7 Å². The molecule has 3 heteroatoms. The van der Waals surface area contributed by atoms with Crippen LogP contribution in [-0.2, 0) is 10.8 Å². The van der Waals surface area contributed by atoms with Crippen LogP contribution in [-0.4, -0.2) is 9.97 Å². The Kier molecular flexibility index (Phi) is 7.15. The second-order valence-electron chi connectivity index (χ2n) is 17.6. The van der Waals surface area contributed by atoms with Crippen LogP contribution in [0, 0.1) is 0 Å². The van der Waals surface area contributed by atoms with Gasteiger partial charge in [0.25, 0.3) is 0 Å². The maximum absolute atomic E-state index is 6.14. The quantitative estimate of drug-likeness (QED) is 0.168. The molecule has 3 aliphatic carbocycles. The predicted molar refractivity (Wildman–Crippen MR) is 244 cm³/mol. The molecule has 2 heterocycles. The molecule has 0 saturated heterocycles. The molecule has 7 aromatic carbocycles. The van der Waals surface area contributed by atoms with Crippen molar-refractivity contribution in [2.45, 2.75) is 51.4 Å². The van der Waals surface area contributed by atoms with Gasteiger partial charge >= 0.3 is 0 Å². The van der Waals surface area contributed by atoms with Gasteiger partial charge in [0.1, 0.15) is 5.52 Å². The Hall–Kier alpha value is -6.84. The average molecular weight is 759 g/mol. The molecule has 0 unspecified atom stereocenters. The van der Waals surface area contributed by atoms with Gasteiger partial charge in [-0.15, -0.1) is 0 Å². The number of nitrogens with zero attached hydrogens (tertiary/aromatic N) is 2. The summed E-state index contributed by atoms with van der Waals surface area (Å²) in [7, 11) is 0. The van der Waals surface area contributed by atoms with Gasteiger partial charge in [-0.1, -0.05) is 137 Å². The lowest BCUT2D eigenvalue weighted by Crippen LogP contribution is -2.16. The molecule has 2 aromatic heterocycles. The number of hydrogen-bond acceptors (Lipinski definition) is 3. The number of hydrogen-bond donors (Lipinski definition) is 0. The van der Waals surface area contributed by atoms with Crippen molar-refractivity contribution < 1.29 is 4.42 Å². The lowest BCUT2D eigenvalue weighted by atomic mass is 9.79. The van der Waals surface area contributed by atoms with Gasteiger partial charge in [-0.05, 0) is 134 Å². The van der Waals surface area contributed by atoms with Crippen LogP contribution in [0.4, 0.5) is 0 Å². The van der Waals surface area contributed by atoms with E-state index >= 15 is 0 Å². The van der Waals surface area contributed by atoms with Crippen LogP contribution in [0.2, 0.25) is 0 Å². The monoisotopic (exact) mass is 758 g/mol. The maximum atomic E-state index is 6.14. The number of benzene rings is 7. The molecular weight excluding hydrogens is 717 g/mol. The largest absolute Gasteiger partial charge is 0.436 e. The SMILES string of the molecule is CC1(C)C2=C(CCC=C2)c2ccc(-c3cc(-c4ccc5c(c4)C(C)(C)c4ccccc4-5)nc4c3cc(-c3ccc(-c5nc6ccccc6o5)cc3)c3ccccc34)cc21. The van der Waals surface area contributed by atoms with E-state index in [1.165, 1.54) is 66.6 Å². The van der Waals surface area contributed by atoms with E-state index in [1.54, 1.807) is 0 Å². The third kappa shape index (κ3) is 5.01. The molecule has 0 spiro atoms. The molecule has 3 aliphatic rings. The van der Waals surface area contributed by atoms with Gasteiger partial charge < -0.3 is 4.42 Å². The van der Waals surface area contributed by atoms with Gasteiger partial charge in [0.15, 0.2) is 5.58 Å². The van der Waals surface area contributed by atoms with Crippen molar-refractivity contribution in [3.8, 4) is 56.1 Å². The fraction of sp³-hybridized carbons (Fsp3) is 0.143. The highest BCUT2D eigenvalue weighted by Crippen LogP contribution is 2.53. The van der Waals surface area contributed by atoms with Gasteiger partial charge in [-0.3, -0.25) is 0 Å². The summed E-state index contributed by atoms with van der Waals surface area (Å²) in [5.74, 6) is 0.630. The summed E-state index contributed by atoms with van der Waals surface area (Å²) in [6.07, 6.45) is 6.92. The van der Waals surface area contributed by atoms with Crippen LogP contribution in [0.5, 0.6) is 0 Å². The summed E-state index contributed by atoms with van der Waals surface area (Å²) in [6, 6.07) is 53.2. The first kappa shape index (κ1) is 34.2. The number of rotatable bonds is 4. The molecule has 0 N–H and O–H groups in total. The third-order valence-corrected chi connectivity index (χ3v) is 13.6. The Morgan fingerprint density at radius 1 is 0.492 bits per heavy atom. The zero-order valence-electron chi connectivity index (χ0n) is 33.7. The number of allylic oxidation sites excluding steroid dienone is 4. The minimum absolute atomic E-state index is 0.0713. The molecule has 12 rings (SSSR count). The lowest BCUT2D eigenvalue weighted by molar-refractivity contribution is 0.620. The molecule has 0 atom stereocenters. The van der Waals surface area contributed by atoms with Gasteiger partial charge in [-0.2, -0.15) is 0 Å². The standard InChI is InChI=1S/C56H42N2O/c1-55(2)46-17-9-7-14-38(46)40-27-25-35(29-48(40)55)44-32-51(36-26-28-41-39-15-8-10-18-47(39)56(3,4)49(41)30-36)57-53-42-16-6-5-13-37(42)43(31-45(44)53)33-21-23-34(24-22-33)54-58-50-19-11-12-20-52(50)59-54/h5-6,8-13,15-32H,7,14H2,1-4H3. The van der Waals surface area contributed by atoms with Gasteiger partial charge in [-0.25, -0.2) is 9.97 Å². The fourth-order valence-electron chi connectivity index (χ4n) is 10.5. The van der Waals surface area contributed by atoms with Gasteiger partial charge in [0.2, 0.25) is 5.89 Å². The van der Waals surface area contributed by atoms with Crippen molar-refractivity contribution in [3.05, 3.63) is 186 Å². The van der Waals surface area contributed by atoms with Crippen LogP contribution in [0.1, 0.15) is 62.8 Å². The van der Waals surface area contributed by atoms with Crippen molar-refractivity contribution in [2.75, 3.05) is 0 Å². The molecule has 0 bridgehead atoms. The van der Waals surface area contributed by atoms with E-state index in [0.29, 0.717) is 5.89 Å². The molecule has 9 aromatic rings. The van der Waals surface area contributed by atoms with Crippen molar-refractivity contribution in [2.24, 2.45) is 0 Å². The zero-order valence-corrected chi connectivity index (χ0v) is 33.7. The first-order chi connectivity index (χ1) is 28.7. The fourth-order valence-corrected chi connectivity index (χ4v) is 10.5. The number of pyridine rings is 1. The van der Waals surface area contributed by atoms with Crippen LogP contribution in [0.15, 0.2) is 168 Å². The Morgan fingerprint density at radius 3 is 2.02 bits per heavy atom. The summed E-state index contributed by atoms with van der Waals surface area (Å²) < 4.78 is 6.14. The molecule has 0 saturated carbocycles. The van der Waals surface area contributed by atoms with Crippen LogP contribution >= 0.6 is 0 Å². The third-order valence-electron chi connectivity index (χ3n) is 13.6. The number of fused-ring (bicyclic) bond motifs is 9.